The Morgan fingerprint density at radius 1 is 1.05 bits per heavy atom. The highest BCUT2D eigenvalue weighted by Gasteiger charge is 2.20. The lowest BCUT2D eigenvalue weighted by Crippen LogP contribution is -2.37. The molecule has 2 aromatic heterocycles. The monoisotopic (exact) mass is 528 g/mol. The average molecular weight is 529 g/mol. The molecule has 210 valence electrons. The number of nitrogens with zero attached hydrogens (tertiary/aromatic N) is 4. The summed E-state index contributed by atoms with van der Waals surface area (Å²) in [5.41, 5.74) is 6.08. The zero-order valence-corrected chi connectivity index (χ0v) is 25.0. The molecule has 0 saturated carbocycles. The lowest BCUT2D eigenvalue weighted by Gasteiger charge is -2.32. The van der Waals surface area contributed by atoms with Gasteiger partial charge in [-0.15, -0.1) is 0 Å². The van der Waals surface area contributed by atoms with Crippen molar-refractivity contribution in [1.82, 2.24) is 19.4 Å². The van der Waals surface area contributed by atoms with Crippen molar-refractivity contribution in [3.63, 3.8) is 0 Å². The van der Waals surface area contributed by atoms with Crippen molar-refractivity contribution in [1.29, 1.82) is 0 Å². The van der Waals surface area contributed by atoms with Gasteiger partial charge in [0.15, 0.2) is 0 Å². The number of pyridine rings is 1. The Labute approximate surface area is 235 Å². The van der Waals surface area contributed by atoms with Crippen LogP contribution in [-0.2, 0) is 0 Å². The van der Waals surface area contributed by atoms with E-state index < -0.39 is 0 Å². The molecule has 0 radical (unpaired) electrons. The summed E-state index contributed by atoms with van der Waals surface area (Å²) in [6.07, 6.45) is 12.4. The van der Waals surface area contributed by atoms with Crippen molar-refractivity contribution < 1.29 is 4.79 Å². The van der Waals surface area contributed by atoms with Gasteiger partial charge in [-0.2, -0.15) is 5.10 Å². The van der Waals surface area contributed by atoms with E-state index in [1.807, 2.05) is 22.8 Å². The van der Waals surface area contributed by atoms with Gasteiger partial charge >= 0.3 is 0 Å². The standard InChI is InChI=1S/C34H48N4O/c1-25(2)16-21-37(22-17-26(3)4)34(39)30-18-23-38-32(24-30)31(11-9-20-36-19-8-7-10-28(36)6)33(35-38)29-14-12-27(5)13-15-29/h9,11-15,18,23-26,28H,7-8,10,16-17,19-22H2,1-6H3/b11-9+. The van der Waals surface area contributed by atoms with Crippen LogP contribution in [0.5, 0.6) is 0 Å². The molecule has 39 heavy (non-hydrogen) atoms. The van der Waals surface area contributed by atoms with Crippen LogP contribution >= 0.6 is 0 Å². The number of likely N-dealkylation sites (tertiary alicyclic amines) is 1. The Morgan fingerprint density at radius 3 is 2.38 bits per heavy atom. The van der Waals surface area contributed by atoms with E-state index in [4.69, 9.17) is 5.10 Å². The lowest BCUT2D eigenvalue weighted by molar-refractivity contribution is 0.0741. The van der Waals surface area contributed by atoms with Crippen molar-refractivity contribution in [3.8, 4) is 11.3 Å². The van der Waals surface area contributed by atoms with Crippen LogP contribution in [0.2, 0.25) is 0 Å². The number of carbonyl (C=O) groups is 1. The normalized spacial score (nSPS) is 16.7. The number of rotatable bonds is 11. The van der Waals surface area contributed by atoms with Crippen LogP contribution < -0.4 is 0 Å². The fourth-order valence-corrected chi connectivity index (χ4v) is 5.35. The van der Waals surface area contributed by atoms with E-state index in [1.54, 1.807) is 0 Å². The van der Waals surface area contributed by atoms with Gasteiger partial charge in [-0.1, -0.05) is 76.1 Å². The van der Waals surface area contributed by atoms with Gasteiger partial charge in [0, 0.05) is 48.6 Å². The summed E-state index contributed by atoms with van der Waals surface area (Å²) in [4.78, 5) is 18.4. The summed E-state index contributed by atoms with van der Waals surface area (Å²) < 4.78 is 1.93. The molecule has 1 aromatic carbocycles. The summed E-state index contributed by atoms with van der Waals surface area (Å²) in [7, 11) is 0. The fourth-order valence-electron chi connectivity index (χ4n) is 5.35. The third kappa shape index (κ3) is 7.60. The minimum absolute atomic E-state index is 0.119. The van der Waals surface area contributed by atoms with Crippen LogP contribution in [0.15, 0.2) is 48.7 Å². The molecule has 1 unspecified atom stereocenters. The van der Waals surface area contributed by atoms with E-state index in [0.29, 0.717) is 17.9 Å². The first-order valence-electron chi connectivity index (χ1n) is 15.0. The van der Waals surface area contributed by atoms with E-state index in [0.717, 1.165) is 66.9 Å². The van der Waals surface area contributed by atoms with E-state index in [9.17, 15) is 4.79 Å². The summed E-state index contributed by atoms with van der Waals surface area (Å²) in [5, 5.41) is 4.98. The number of hydrogen-bond donors (Lipinski definition) is 0. The number of carbonyl (C=O) groups excluding carboxylic acids is 1. The molecule has 0 spiro atoms. The number of hydrogen-bond acceptors (Lipinski definition) is 3. The zero-order chi connectivity index (χ0) is 27.9. The second kappa shape index (κ2) is 13.4. The Balaban J connectivity index is 1.69. The van der Waals surface area contributed by atoms with Crippen LogP contribution in [0, 0.1) is 18.8 Å². The van der Waals surface area contributed by atoms with Crippen molar-refractivity contribution in [2.45, 2.75) is 79.7 Å². The highest BCUT2D eigenvalue weighted by Crippen LogP contribution is 2.29. The van der Waals surface area contributed by atoms with Crippen molar-refractivity contribution >= 4 is 17.5 Å². The van der Waals surface area contributed by atoms with Gasteiger partial charge in [0.25, 0.3) is 5.91 Å². The van der Waals surface area contributed by atoms with E-state index in [-0.39, 0.29) is 5.91 Å². The van der Waals surface area contributed by atoms with Gasteiger partial charge in [-0.3, -0.25) is 9.69 Å². The molecule has 3 aromatic rings. The Bertz CT molecular complexity index is 1240. The summed E-state index contributed by atoms with van der Waals surface area (Å²) in [6, 6.07) is 13.2. The smallest absolute Gasteiger partial charge is 0.253 e. The SMILES string of the molecule is Cc1ccc(-c2nn3ccc(C(=O)N(CCC(C)C)CCC(C)C)cc3c2/C=C/CN2CCCCC2C)cc1. The lowest BCUT2D eigenvalue weighted by atomic mass is 10.0. The Kier molecular flexibility index (Phi) is 10.0. The topological polar surface area (TPSA) is 40.9 Å². The number of aryl methyl sites for hydroxylation is 1. The third-order valence-electron chi connectivity index (χ3n) is 8.05. The molecule has 3 heterocycles. The first-order chi connectivity index (χ1) is 18.7. The second-order valence-corrected chi connectivity index (χ2v) is 12.3. The average Bonchev–Trinajstić information content (AvgIpc) is 3.27. The molecule has 1 fully saturated rings. The van der Waals surface area contributed by atoms with E-state index in [2.05, 4.69) is 87.8 Å². The molecule has 0 N–H and O–H groups in total. The van der Waals surface area contributed by atoms with E-state index >= 15 is 0 Å². The second-order valence-electron chi connectivity index (χ2n) is 12.3. The van der Waals surface area contributed by atoms with Gasteiger partial charge in [0.2, 0.25) is 0 Å². The summed E-state index contributed by atoms with van der Waals surface area (Å²) in [5.74, 6) is 1.25. The molecule has 4 rings (SSSR count). The predicted octanol–water partition coefficient (Wildman–Crippen LogP) is 7.73. The highest BCUT2D eigenvalue weighted by molar-refractivity contribution is 5.96. The quantitative estimate of drug-likeness (QED) is 0.256. The minimum Gasteiger partial charge on any atom is -0.339 e. The number of fused-ring (bicyclic) bond motifs is 1. The molecule has 0 aliphatic carbocycles. The van der Waals surface area contributed by atoms with Gasteiger partial charge < -0.3 is 4.90 Å². The molecule has 0 bridgehead atoms. The molecule has 5 nitrogen and oxygen atoms in total. The van der Waals surface area contributed by atoms with Crippen molar-refractivity contribution in [3.05, 3.63) is 65.4 Å². The molecule has 1 aliphatic heterocycles. The van der Waals surface area contributed by atoms with Crippen molar-refractivity contribution in [2.75, 3.05) is 26.2 Å². The first-order valence-corrected chi connectivity index (χ1v) is 15.0. The Hall–Kier alpha value is -2.92. The summed E-state index contributed by atoms with van der Waals surface area (Å²) in [6.45, 7) is 17.0. The first kappa shape index (κ1) is 29.1. The third-order valence-corrected chi connectivity index (χ3v) is 8.05. The maximum absolute atomic E-state index is 13.8. The Morgan fingerprint density at radius 2 is 1.74 bits per heavy atom. The molecular weight excluding hydrogens is 480 g/mol. The predicted molar refractivity (Wildman–Crippen MR) is 164 cm³/mol. The van der Waals surface area contributed by atoms with Crippen LogP contribution in [-0.4, -0.2) is 57.5 Å². The summed E-state index contributed by atoms with van der Waals surface area (Å²) >= 11 is 0. The van der Waals surface area contributed by atoms with Gasteiger partial charge in [-0.25, -0.2) is 4.52 Å². The molecule has 1 amide bonds. The highest BCUT2D eigenvalue weighted by atomic mass is 16.2. The van der Waals surface area contributed by atoms with Gasteiger partial charge in [0.1, 0.15) is 5.69 Å². The fraction of sp³-hybridized carbons (Fsp3) is 0.529. The van der Waals surface area contributed by atoms with Gasteiger partial charge in [0.05, 0.1) is 5.52 Å². The van der Waals surface area contributed by atoms with Crippen LogP contribution in [0.4, 0.5) is 0 Å². The maximum Gasteiger partial charge on any atom is 0.253 e. The number of aromatic nitrogens is 2. The molecule has 1 aliphatic rings. The number of benzene rings is 1. The molecule has 5 heteroatoms. The maximum atomic E-state index is 13.8. The number of amides is 1. The van der Waals surface area contributed by atoms with E-state index in [1.165, 1.54) is 24.8 Å². The van der Waals surface area contributed by atoms with Crippen molar-refractivity contribution in [2.24, 2.45) is 11.8 Å². The minimum atomic E-state index is 0.119. The van der Waals surface area contributed by atoms with Crippen LogP contribution in [0.1, 0.15) is 88.2 Å². The van der Waals surface area contributed by atoms with Crippen LogP contribution in [0.25, 0.3) is 22.9 Å². The zero-order valence-electron chi connectivity index (χ0n) is 25.0. The molecule has 1 saturated heterocycles. The molecule has 1 atom stereocenters. The molecular formula is C34H48N4O. The largest absolute Gasteiger partial charge is 0.339 e. The van der Waals surface area contributed by atoms with Gasteiger partial charge in [-0.05, 0) is 70.0 Å². The number of piperidine rings is 1. The van der Waals surface area contributed by atoms with Crippen LogP contribution in [0.3, 0.4) is 0 Å².